The molecule has 1 aromatic heterocycles. The molecule has 0 aliphatic carbocycles. The van der Waals surface area contributed by atoms with Gasteiger partial charge in [-0.25, -0.2) is 18.7 Å². The molecule has 0 N–H and O–H groups in total. The lowest BCUT2D eigenvalue weighted by atomic mass is 10.1. The number of rotatable bonds is 3. The van der Waals surface area contributed by atoms with Gasteiger partial charge in [0.1, 0.15) is 23.6 Å². The number of nitrogens with zero attached hydrogens (tertiary/aromatic N) is 3. The Hall–Kier alpha value is -1.92. The number of hydrogen-bond acceptors (Lipinski definition) is 4. The minimum Gasteiger partial charge on any atom is -0.369 e. The summed E-state index contributed by atoms with van der Waals surface area (Å²) in [4.78, 5) is 10.8. The van der Waals surface area contributed by atoms with E-state index in [-0.39, 0.29) is 11.9 Å². The summed E-state index contributed by atoms with van der Waals surface area (Å²) in [6.45, 7) is 5.91. The van der Waals surface area contributed by atoms with Gasteiger partial charge in [0, 0.05) is 30.9 Å². The van der Waals surface area contributed by atoms with Crippen LogP contribution in [0.15, 0.2) is 24.3 Å². The number of hydrogen-bond donors (Lipinski definition) is 0. The average Bonchev–Trinajstić information content (AvgIpc) is 2.50. The third-order valence-corrected chi connectivity index (χ3v) is 3.87. The standard InChI is InChI=1S/C17H19F2N3O/c1-11-7-16(21-12(2)20-11)17-10-22(5-6-23-17)9-13-8-14(18)3-4-15(13)19/h3-4,7-8,17H,5-6,9-10H2,1-2H3/t17-/m0/s1. The molecule has 1 saturated heterocycles. The van der Waals surface area contributed by atoms with E-state index in [1.54, 1.807) is 0 Å². The van der Waals surface area contributed by atoms with Crippen LogP contribution >= 0.6 is 0 Å². The van der Waals surface area contributed by atoms with E-state index in [0.29, 0.717) is 37.6 Å². The van der Waals surface area contributed by atoms with Gasteiger partial charge < -0.3 is 4.74 Å². The topological polar surface area (TPSA) is 38.2 Å². The maximum absolute atomic E-state index is 13.8. The molecule has 3 rings (SSSR count). The summed E-state index contributed by atoms with van der Waals surface area (Å²) in [5.41, 5.74) is 2.09. The van der Waals surface area contributed by atoms with Gasteiger partial charge in [-0.2, -0.15) is 0 Å². The van der Waals surface area contributed by atoms with Gasteiger partial charge in [-0.05, 0) is 38.1 Å². The zero-order chi connectivity index (χ0) is 16.4. The highest BCUT2D eigenvalue weighted by atomic mass is 19.1. The van der Waals surface area contributed by atoms with E-state index in [4.69, 9.17) is 4.74 Å². The van der Waals surface area contributed by atoms with Crippen LogP contribution < -0.4 is 0 Å². The Kier molecular flexibility index (Phi) is 4.63. The third-order valence-electron chi connectivity index (χ3n) is 3.87. The molecule has 2 heterocycles. The second-order valence-electron chi connectivity index (χ2n) is 5.81. The summed E-state index contributed by atoms with van der Waals surface area (Å²) in [5, 5.41) is 0. The van der Waals surface area contributed by atoms with E-state index in [0.717, 1.165) is 17.5 Å². The van der Waals surface area contributed by atoms with Crippen molar-refractivity contribution < 1.29 is 13.5 Å². The van der Waals surface area contributed by atoms with Crippen LogP contribution in [0.5, 0.6) is 0 Å². The molecule has 23 heavy (non-hydrogen) atoms. The average molecular weight is 319 g/mol. The first-order valence-electron chi connectivity index (χ1n) is 7.61. The van der Waals surface area contributed by atoms with E-state index in [1.165, 1.54) is 12.1 Å². The summed E-state index contributed by atoms with van der Waals surface area (Å²) < 4.78 is 32.9. The fourth-order valence-electron chi connectivity index (χ4n) is 2.84. The molecule has 1 fully saturated rings. The summed E-state index contributed by atoms with van der Waals surface area (Å²) in [5.74, 6) is -0.103. The molecule has 1 aliphatic heterocycles. The SMILES string of the molecule is Cc1cc([C@@H]2CN(Cc3cc(F)ccc3F)CCO2)nc(C)n1. The summed E-state index contributed by atoms with van der Waals surface area (Å²) in [6, 6.07) is 5.45. The fourth-order valence-corrected chi connectivity index (χ4v) is 2.84. The zero-order valence-corrected chi connectivity index (χ0v) is 13.2. The molecule has 4 nitrogen and oxygen atoms in total. The Labute approximate surface area is 134 Å². The van der Waals surface area contributed by atoms with Crippen LogP contribution in [0.25, 0.3) is 0 Å². The Bertz CT molecular complexity index is 688. The van der Waals surface area contributed by atoms with Gasteiger partial charge in [-0.3, -0.25) is 4.90 Å². The molecule has 122 valence electrons. The number of morpholine rings is 1. The molecule has 0 unspecified atom stereocenters. The Balaban J connectivity index is 1.74. The van der Waals surface area contributed by atoms with E-state index in [2.05, 4.69) is 14.9 Å². The molecule has 1 aromatic carbocycles. The zero-order valence-electron chi connectivity index (χ0n) is 13.2. The third kappa shape index (κ3) is 3.89. The van der Waals surface area contributed by atoms with E-state index >= 15 is 0 Å². The molecule has 0 amide bonds. The minimum atomic E-state index is -0.423. The van der Waals surface area contributed by atoms with Gasteiger partial charge in [0.2, 0.25) is 0 Å². The quantitative estimate of drug-likeness (QED) is 0.872. The molecule has 0 spiro atoms. The highest BCUT2D eigenvalue weighted by Gasteiger charge is 2.24. The predicted octanol–water partition coefficient (Wildman–Crippen LogP) is 2.95. The van der Waals surface area contributed by atoms with Crippen LogP contribution in [0.2, 0.25) is 0 Å². The Morgan fingerprint density at radius 3 is 2.83 bits per heavy atom. The van der Waals surface area contributed by atoms with Crippen LogP contribution in [0.3, 0.4) is 0 Å². The molecule has 6 heteroatoms. The van der Waals surface area contributed by atoms with Crippen molar-refractivity contribution in [3.05, 3.63) is 58.7 Å². The minimum absolute atomic E-state index is 0.180. The summed E-state index contributed by atoms with van der Waals surface area (Å²) >= 11 is 0. The van der Waals surface area contributed by atoms with Crippen LogP contribution in [0.1, 0.15) is 28.9 Å². The number of ether oxygens (including phenoxy) is 1. The highest BCUT2D eigenvalue weighted by molar-refractivity contribution is 5.19. The van der Waals surface area contributed by atoms with E-state index in [9.17, 15) is 8.78 Å². The van der Waals surface area contributed by atoms with Gasteiger partial charge in [-0.15, -0.1) is 0 Å². The molecular weight excluding hydrogens is 300 g/mol. The smallest absolute Gasteiger partial charge is 0.127 e. The van der Waals surface area contributed by atoms with Gasteiger partial charge in [0.05, 0.1) is 12.3 Å². The molecular formula is C17H19F2N3O. The van der Waals surface area contributed by atoms with Gasteiger partial charge in [0.15, 0.2) is 0 Å². The number of halogens is 2. The molecule has 1 aliphatic rings. The first-order chi connectivity index (χ1) is 11.0. The second-order valence-corrected chi connectivity index (χ2v) is 5.81. The maximum atomic E-state index is 13.8. The lowest BCUT2D eigenvalue weighted by Gasteiger charge is -2.32. The lowest BCUT2D eigenvalue weighted by molar-refractivity contribution is -0.0354. The van der Waals surface area contributed by atoms with Crippen LogP contribution in [0, 0.1) is 25.5 Å². The van der Waals surface area contributed by atoms with Crippen LogP contribution in [-0.4, -0.2) is 34.6 Å². The van der Waals surface area contributed by atoms with Crippen molar-refractivity contribution in [1.82, 2.24) is 14.9 Å². The number of benzene rings is 1. The largest absolute Gasteiger partial charge is 0.369 e. The van der Waals surface area contributed by atoms with Crippen molar-refractivity contribution in [2.24, 2.45) is 0 Å². The lowest BCUT2D eigenvalue weighted by Crippen LogP contribution is -2.38. The first-order valence-corrected chi connectivity index (χ1v) is 7.61. The monoisotopic (exact) mass is 319 g/mol. The Morgan fingerprint density at radius 2 is 2.04 bits per heavy atom. The molecule has 2 aromatic rings. The Morgan fingerprint density at radius 1 is 1.22 bits per heavy atom. The van der Waals surface area contributed by atoms with E-state index in [1.807, 2.05) is 19.9 Å². The van der Waals surface area contributed by atoms with Crippen LogP contribution in [0.4, 0.5) is 8.78 Å². The number of aryl methyl sites for hydroxylation is 2. The second kappa shape index (κ2) is 6.68. The summed E-state index contributed by atoms with van der Waals surface area (Å²) in [6.07, 6.45) is -0.180. The van der Waals surface area contributed by atoms with Crippen LogP contribution in [-0.2, 0) is 11.3 Å². The predicted molar refractivity (Wildman–Crippen MR) is 81.8 cm³/mol. The van der Waals surface area contributed by atoms with Crippen molar-refractivity contribution in [3.63, 3.8) is 0 Å². The van der Waals surface area contributed by atoms with Crippen molar-refractivity contribution in [2.75, 3.05) is 19.7 Å². The first kappa shape index (κ1) is 16.0. The molecule has 0 radical (unpaired) electrons. The van der Waals surface area contributed by atoms with Crippen molar-refractivity contribution in [1.29, 1.82) is 0 Å². The van der Waals surface area contributed by atoms with Crippen molar-refractivity contribution in [2.45, 2.75) is 26.5 Å². The molecule has 0 bridgehead atoms. The number of aromatic nitrogens is 2. The van der Waals surface area contributed by atoms with Crippen molar-refractivity contribution in [3.8, 4) is 0 Å². The highest BCUT2D eigenvalue weighted by Crippen LogP contribution is 2.23. The molecule has 1 atom stereocenters. The normalized spacial score (nSPS) is 19.0. The molecule has 0 saturated carbocycles. The van der Waals surface area contributed by atoms with Crippen molar-refractivity contribution >= 4 is 0 Å². The van der Waals surface area contributed by atoms with E-state index < -0.39 is 5.82 Å². The maximum Gasteiger partial charge on any atom is 0.127 e. The summed E-state index contributed by atoms with van der Waals surface area (Å²) in [7, 11) is 0. The fraction of sp³-hybridized carbons (Fsp3) is 0.412. The van der Waals surface area contributed by atoms with Gasteiger partial charge in [0.25, 0.3) is 0 Å². The van der Waals surface area contributed by atoms with Gasteiger partial charge in [-0.1, -0.05) is 0 Å². The van der Waals surface area contributed by atoms with Gasteiger partial charge >= 0.3 is 0 Å².